The van der Waals surface area contributed by atoms with Crippen LogP contribution in [0.5, 0.6) is 0 Å². The molecule has 6 nitrogen and oxygen atoms in total. The van der Waals surface area contributed by atoms with E-state index in [1.807, 2.05) is 30.6 Å². The summed E-state index contributed by atoms with van der Waals surface area (Å²) in [5.41, 5.74) is 5.80. The molecule has 0 unspecified atom stereocenters. The molecule has 1 fully saturated rings. The highest BCUT2D eigenvalue weighted by molar-refractivity contribution is 7.80. The highest BCUT2D eigenvalue weighted by Gasteiger charge is 2.41. The van der Waals surface area contributed by atoms with Crippen molar-refractivity contribution < 1.29 is 0 Å². The molecule has 3 aromatic heterocycles. The average Bonchev–Trinajstić information content (AvgIpc) is 3.22. The van der Waals surface area contributed by atoms with Crippen LogP contribution in [0.1, 0.15) is 40.3 Å². The summed E-state index contributed by atoms with van der Waals surface area (Å²) in [6.07, 6.45) is 3.72. The second kappa shape index (κ2) is 8.77. The van der Waals surface area contributed by atoms with Crippen LogP contribution in [0.2, 0.25) is 0 Å². The van der Waals surface area contributed by atoms with Gasteiger partial charge in [-0.15, -0.1) is 0 Å². The van der Waals surface area contributed by atoms with E-state index in [2.05, 4.69) is 82.7 Å². The normalized spacial score (nSPS) is 18.6. The minimum absolute atomic E-state index is 0.00437. The van der Waals surface area contributed by atoms with Crippen LogP contribution in [0.15, 0.2) is 48.8 Å². The summed E-state index contributed by atoms with van der Waals surface area (Å²) >= 11 is 5.79. The lowest BCUT2D eigenvalue weighted by molar-refractivity contribution is 0.277. The quantitative estimate of drug-likeness (QED) is 0.597. The SMILES string of the molecule is Cc1ccnc(-n2c(C)cc([C@H]3[C@@H](c4ccccn4)NC(=S)N3CCN(C)C)c2C)c1. The van der Waals surface area contributed by atoms with E-state index in [0.29, 0.717) is 0 Å². The first kappa shape index (κ1) is 21.5. The molecule has 0 bridgehead atoms. The number of pyridine rings is 2. The lowest BCUT2D eigenvalue weighted by Crippen LogP contribution is -2.35. The molecule has 1 N–H and O–H groups in total. The molecule has 0 aliphatic carbocycles. The summed E-state index contributed by atoms with van der Waals surface area (Å²) in [5, 5.41) is 4.33. The van der Waals surface area contributed by atoms with Crippen LogP contribution in [0, 0.1) is 20.8 Å². The van der Waals surface area contributed by atoms with Crippen LogP contribution in [0.25, 0.3) is 5.82 Å². The minimum Gasteiger partial charge on any atom is -0.352 e. The Bertz CT molecular complexity index is 1070. The number of aryl methyl sites for hydroxylation is 2. The number of nitrogens with one attached hydrogen (secondary N) is 1. The molecule has 4 heterocycles. The Kier molecular flexibility index (Phi) is 6.07. The van der Waals surface area contributed by atoms with E-state index in [9.17, 15) is 0 Å². The standard InChI is InChI=1S/C24H30N6S/c1-16-9-11-26-21(14-16)30-17(2)15-19(18(30)3)23-22(20-8-6-7-10-25-20)27-24(31)29(23)13-12-28(4)5/h6-11,14-15,22-23H,12-13H2,1-5H3,(H,27,31)/t22-,23+/m1/s1. The fourth-order valence-electron chi connectivity index (χ4n) is 4.37. The van der Waals surface area contributed by atoms with E-state index in [4.69, 9.17) is 12.2 Å². The van der Waals surface area contributed by atoms with Gasteiger partial charge in [0.05, 0.1) is 17.8 Å². The molecule has 0 amide bonds. The Hall–Kier alpha value is -2.77. The summed E-state index contributed by atoms with van der Waals surface area (Å²) in [4.78, 5) is 13.8. The predicted octanol–water partition coefficient (Wildman–Crippen LogP) is 3.73. The lowest BCUT2D eigenvalue weighted by atomic mass is 9.97. The topological polar surface area (TPSA) is 49.2 Å². The maximum atomic E-state index is 5.79. The van der Waals surface area contributed by atoms with Crippen LogP contribution in [0.3, 0.4) is 0 Å². The third-order valence-electron chi connectivity index (χ3n) is 5.90. The van der Waals surface area contributed by atoms with E-state index in [0.717, 1.165) is 35.4 Å². The van der Waals surface area contributed by atoms with Crippen LogP contribution in [0.4, 0.5) is 0 Å². The number of nitrogens with zero attached hydrogens (tertiary/aromatic N) is 5. The fraction of sp³-hybridized carbons (Fsp3) is 0.375. The van der Waals surface area contributed by atoms with Crippen molar-refractivity contribution in [3.63, 3.8) is 0 Å². The molecule has 0 aromatic carbocycles. The van der Waals surface area contributed by atoms with Crippen molar-refractivity contribution in [2.24, 2.45) is 0 Å². The highest BCUT2D eigenvalue weighted by atomic mass is 32.1. The number of rotatable bonds is 6. The third kappa shape index (κ3) is 4.20. The van der Waals surface area contributed by atoms with E-state index in [1.54, 1.807) is 0 Å². The monoisotopic (exact) mass is 434 g/mol. The lowest BCUT2D eigenvalue weighted by Gasteiger charge is -2.29. The summed E-state index contributed by atoms with van der Waals surface area (Å²) < 4.78 is 2.24. The number of hydrogen-bond donors (Lipinski definition) is 1. The molecule has 162 valence electrons. The largest absolute Gasteiger partial charge is 0.352 e. The minimum atomic E-state index is -0.00437. The highest BCUT2D eigenvalue weighted by Crippen LogP contribution is 2.41. The van der Waals surface area contributed by atoms with Gasteiger partial charge in [-0.25, -0.2) is 4.98 Å². The fourth-order valence-corrected chi connectivity index (χ4v) is 4.71. The van der Waals surface area contributed by atoms with Gasteiger partial charge in [0.2, 0.25) is 0 Å². The molecule has 31 heavy (non-hydrogen) atoms. The molecule has 0 saturated carbocycles. The zero-order valence-electron chi connectivity index (χ0n) is 18.8. The van der Waals surface area contributed by atoms with E-state index >= 15 is 0 Å². The van der Waals surface area contributed by atoms with Crippen molar-refractivity contribution in [1.29, 1.82) is 0 Å². The molecule has 2 atom stereocenters. The second-order valence-electron chi connectivity index (χ2n) is 8.48. The molecule has 1 aliphatic heterocycles. The Labute approximate surface area is 189 Å². The van der Waals surface area contributed by atoms with Gasteiger partial charge in [0, 0.05) is 36.9 Å². The summed E-state index contributed by atoms with van der Waals surface area (Å²) in [5.74, 6) is 0.948. The van der Waals surface area contributed by atoms with Crippen molar-refractivity contribution >= 4 is 17.3 Å². The van der Waals surface area contributed by atoms with Gasteiger partial charge >= 0.3 is 0 Å². The maximum Gasteiger partial charge on any atom is 0.170 e. The molecular weight excluding hydrogens is 404 g/mol. The number of hydrogen-bond acceptors (Lipinski definition) is 4. The first-order chi connectivity index (χ1) is 14.9. The van der Waals surface area contributed by atoms with Crippen LogP contribution in [-0.4, -0.2) is 56.6 Å². The van der Waals surface area contributed by atoms with Gasteiger partial charge in [-0.2, -0.15) is 0 Å². The van der Waals surface area contributed by atoms with E-state index < -0.39 is 0 Å². The van der Waals surface area contributed by atoms with E-state index in [-0.39, 0.29) is 12.1 Å². The van der Waals surface area contributed by atoms with Gasteiger partial charge in [0.25, 0.3) is 0 Å². The molecule has 1 saturated heterocycles. The molecular formula is C24H30N6S. The first-order valence-corrected chi connectivity index (χ1v) is 11.0. The first-order valence-electron chi connectivity index (χ1n) is 10.6. The summed E-state index contributed by atoms with van der Waals surface area (Å²) in [7, 11) is 4.18. The van der Waals surface area contributed by atoms with Crippen LogP contribution in [-0.2, 0) is 0 Å². The van der Waals surface area contributed by atoms with Crippen molar-refractivity contribution in [3.05, 3.63) is 77.0 Å². The molecule has 0 spiro atoms. The maximum absolute atomic E-state index is 5.79. The van der Waals surface area contributed by atoms with Gasteiger partial charge in [-0.05, 0) is 88.5 Å². The van der Waals surface area contributed by atoms with Crippen LogP contribution < -0.4 is 5.32 Å². The smallest absolute Gasteiger partial charge is 0.170 e. The Morgan fingerprint density at radius 3 is 2.55 bits per heavy atom. The zero-order valence-corrected chi connectivity index (χ0v) is 19.6. The van der Waals surface area contributed by atoms with Gasteiger partial charge in [0.1, 0.15) is 5.82 Å². The van der Waals surface area contributed by atoms with E-state index in [1.165, 1.54) is 16.8 Å². The number of aromatic nitrogens is 3. The van der Waals surface area contributed by atoms with Crippen molar-refractivity contribution in [3.8, 4) is 5.82 Å². The van der Waals surface area contributed by atoms with Crippen LogP contribution >= 0.6 is 12.2 Å². The predicted molar refractivity (Wildman–Crippen MR) is 128 cm³/mol. The van der Waals surface area contributed by atoms with Crippen molar-refractivity contribution in [1.82, 2.24) is 29.7 Å². The van der Waals surface area contributed by atoms with Crippen molar-refractivity contribution in [2.45, 2.75) is 32.9 Å². The van der Waals surface area contributed by atoms with Gasteiger partial charge in [0.15, 0.2) is 5.11 Å². The molecule has 1 aliphatic rings. The Morgan fingerprint density at radius 1 is 1.06 bits per heavy atom. The molecule has 7 heteroatoms. The average molecular weight is 435 g/mol. The van der Waals surface area contributed by atoms with Gasteiger partial charge in [-0.3, -0.25) is 4.98 Å². The second-order valence-corrected chi connectivity index (χ2v) is 8.86. The number of likely N-dealkylation sites (N-methyl/N-ethyl adjacent to an activating group) is 1. The Balaban J connectivity index is 1.81. The summed E-state index contributed by atoms with van der Waals surface area (Å²) in [6, 6.07) is 12.5. The van der Waals surface area contributed by atoms with Gasteiger partial charge in [-0.1, -0.05) is 6.07 Å². The number of thiocarbonyl (C=S) groups is 1. The molecule has 0 radical (unpaired) electrons. The zero-order chi connectivity index (χ0) is 22.1. The molecule has 4 rings (SSSR count). The molecule has 3 aromatic rings. The third-order valence-corrected chi connectivity index (χ3v) is 6.26. The Morgan fingerprint density at radius 2 is 1.87 bits per heavy atom. The van der Waals surface area contributed by atoms with Gasteiger partial charge < -0.3 is 19.7 Å². The van der Waals surface area contributed by atoms with Crippen molar-refractivity contribution in [2.75, 3.05) is 27.2 Å². The summed E-state index contributed by atoms with van der Waals surface area (Å²) in [6.45, 7) is 8.18.